The molecule has 5 heteroatoms. The van der Waals surface area contributed by atoms with Gasteiger partial charge in [-0.1, -0.05) is 18.2 Å². The number of amides is 1. The van der Waals surface area contributed by atoms with Crippen molar-refractivity contribution in [1.29, 1.82) is 0 Å². The number of benzene rings is 2. The van der Waals surface area contributed by atoms with E-state index in [4.69, 9.17) is 4.74 Å². The number of nitrogens with zero attached hydrogens (tertiary/aromatic N) is 2. The fourth-order valence-electron chi connectivity index (χ4n) is 2.47. The zero-order chi connectivity index (χ0) is 16.9. The van der Waals surface area contributed by atoms with Crippen molar-refractivity contribution in [2.45, 2.75) is 13.5 Å². The number of carbonyl (C=O) groups is 1. The number of carbonyl (C=O) groups excluding carboxylic acids is 1. The molecule has 0 saturated carbocycles. The highest BCUT2D eigenvalue weighted by Crippen LogP contribution is 2.25. The molecule has 0 aliphatic carbocycles. The fraction of sp³-hybridized carbons (Fsp3) is 0.158. The number of hydrogen-bond donors (Lipinski definition) is 1. The maximum Gasteiger partial charge on any atom is 0.255 e. The first-order valence-corrected chi connectivity index (χ1v) is 7.66. The van der Waals surface area contributed by atoms with Crippen LogP contribution >= 0.6 is 0 Å². The highest BCUT2D eigenvalue weighted by atomic mass is 16.5. The maximum atomic E-state index is 12.4. The van der Waals surface area contributed by atoms with Gasteiger partial charge in [0.15, 0.2) is 0 Å². The Morgan fingerprint density at radius 3 is 2.67 bits per heavy atom. The summed E-state index contributed by atoms with van der Waals surface area (Å²) >= 11 is 0. The molecule has 0 radical (unpaired) electrons. The summed E-state index contributed by atoms with van der Waals surface area (Å²) in [5.74, 6) is 0.485. The fourth-order valence-corrected chi connectivity index (χ4v) is 2.47. The second-order valence-corrected chi connectivity index (χ2v) is 5.59. The molecule has 0 saturated heterocycles. The molecule has 0 unspecified atom stereocenters. The molecule has 0 aliphatic heterocycles. The van der Waals surface area contributed by atoms with Crippen LogP contribution in [0.1, 0.15) is 21.5 Å². The van der Waals surface area contributed by atoms with Crippen molar-refractivity contribution < 1.29 is 9.53 Å². The van der Waals surface area contributed by atoms with Crippen molar-refractivity contribution in [1.82, 2.24) is 9.55 Å². The van der Waals surface area contributed by atoms with Crippen molar-refractivity contribution in [3.05, 3.63) is 77.9 Å². The van der Waals surface area contributed by atoms with Crippen LogP contribution in [0.2, 0.25) is 0 Å². The topological polar surface area (TPSA) is 56.1 Å². The van der Waals surface area contributed by atoms with Gasteiger partial charge in [-0.05, 0) is 42.3 Å². The summed E-state index contributed by atoms with van der Waals surface area (Å²) < 4.78 is 7.27. The number of aromatic nitrogens is 2. The first-order valence-electron chi connectivity index (χ1n) is 7.66. The van der Waals surface area contributed by atoms with Crippen LogP contribution in [-0.2, 0) is 6.54 Å². The van der Waals surface area contributed by atoms with E-state index in [1.165, 1.54) is 0 Å². The van der Waals surface area contributed by atoms with Gasteiger partial charge in [-0.25, -0.2) is 4.98 Å². The molecule has 0 aliphatic rings. The van der Waals surface area contributed by atoms with Gasteiger partial charge < -0.3 is 14.6 Å². The standard InChI is InChI=1S/C19H19N3O2/c1-14-3-8-18(24-2)17(11-14)21-19(23)16-6-4-15(5-7-16)12-22-10-9-20-13-22/h3-11,13H,12H2,1-2H3,(H,21,23). The van der Waals surface area contributed by atoms with Crippen LogP contribution in [0.3, 0.4) is 0 Å². The van der Waals surface area contributed by atoms with E-state index in [0.717, 1.165) is 17.7 Å². The minimum absolute atomic E-state index is 0.159. The summed E-state index contributed by atoms with van der Waals surface area (Å²) in [5.41, 5.74) is 3.44. The summed E-state index contributed by atoms with van der Waals surface area (Å²) in [6, 6.07) is 13.2. The molecule has 0 spiro atoms. The zero-order valence-electron chi connectivity index (χ0n) is 13.7. The van der Waals surface area contributed by atoms with Crippen molar-refractivity contribution >= 4 is 11.6 Å². The minimum Gasteiger partial charge on any atom is -0.495 e. The van der Waals surface area contributed by atoms with Crippen LogP contribution in [0.25, 0.3) is 0 Å². The van der Waals surface area contributed by atoms with Crippen LogP contribution in [-0.4, -0.2) is 22.6 Å². The van der Waals surface area contributed by atoms with E-state index in [-0.39, 0.29) is 5.91 Å². The summed E-state index contributed by atoms with van der Waals surface area (Å²) in [6.45, 7) is 2.70. The number of anilines is 1. The van der Waals surface area contributed by atoms with Crippen molar-refractivity contribution in [2.24, 2.45) is 0 Å². The molecule has 1 heterocycles. The van der Waals surface area contributed by atoms with Gasteiger partial charge in [0.1, 0.15) is 5.75 Å². The van der Waals surface area contributed by atoms with E-state index >= 15 is 0 Å². The molecule has 1 amide bonds. The Balaban J connectivity index is 1.72. The van der Waals surface area contributed by atoms with Gasteiger partial charge >= 0.3 is 0 Å². The maximum absolute atomic E-state index is 12.4. The third-order valence-corrected chi connectivity index (χ3v) is 3.74. The molecule has 2 aromatic carbocycles. The first-order chi connectivity index (χ1) is 11.7. The number of hydrogen-bond acceptors (Lipinski definition) is 3. The number of nitrogens with one attached hydrogen (secondary N) is 1. The lowest BCUT2D eigenvalue weighted by molar-refractivity contribution is 0.102. The molecule has 24 heavy (non-hydrogen) atoms. The quantitative estimate of drug-likeness (QED) is 0.782. The number of imidazole rings is 1. The first kappa shape index (κ1) is 15.8. The lowest BCUT2D eigenvalue weighted by atomic mass is 10.1. The number of ether oxygens (including phenoxy) is 1. The molecule has 1 N–H and O–H groups in total. The van der Waals surface area contributed by atoms with E-state index in [9.17, 15) is 4.79 Å². The lowest BCUT2D eigenvalue weighted by Crippen LogP contribution is -2.13. The molecule has 0 fully saturated rings. The molecule has 3 rings (SSSR count). The van der Waals surface area contributed by atoms with Gasteiger partial charge in [-0.15, -0.1) is 0 Å². The molecule has 3 aromatic rings. The summed E-state index contributed by atoms with van der Waals surface area (Å²) in [4.78, 5) is 16.5. The van der Waals surface area contributed by atoms with E-state index in [2.05, 4.69) is 10.3 Å². The van der Waals surface area contributed by atoms with E-state index < -0.39 is 0 Å². The van der Waals surface area contributed by atoms with E-state index in [1.54, 1.807) is 19.6 Å². The van der Waals surface area contributed by atoms with Crippen LogP contribution < -0.4 is 10.1 Å². The van der Waals surface area contributed by atoms with Gasteiger partial charge in [0.25, 0.3) is 5.91 Å². The summed E-state index contributed by atoms with van der Waals surface area (Å²) in [7, 11) is 1.59. The van der Waals surface area contributed by atoms with Crippen LogP contribution in [0, 0.1) is 6.92 Å². The number of methoxy groups -OCH3 is 1. The van der Waals surface area contributed by atoms with E-state index in [1.807, 2.05) is 60.2 Å². The Kier molecular flexibility index (Phi) is 4.61. The number of aryl methyl sites for hydroxylation is 1. The minimum atomic E-state index is -0.159. The molecule has 0 bridgehead atoms. The van der Waals surface area contributed by atoms with Crippen molar-refractivity contribution in [2.75, 3.05) is 12.4 Å². The van der Waals surface area contributed by atoms with E-state index in [0.29, 0.717) is 17.0 Å². The normalized spacial score (nSPS) is 10.4. The van der Waals surface area contributed by atoms with Crippen LogP contribution in [0.15, 0.2) is 61.2 Å². The second kappa shape index (κ2) is 7.00. The van der Waals surface area contributed by atoms with Gasteiger partial charge in [0.05, 0.1) is 19.1 Å². The third-order valence-electron chi connectivity index (χ3n) is 3.74. The SMILES string of the molecule is COc1ccc(C)cc1NC(=O)c1ccc(Cn2ccnc2)cc1. The van der Waals surface area contributed by atoms with Crippen LogP contribution in [0.5, 0.6) is 5.75 Å². The Bertz CT molecular complexity index is 824. The molecular formula is C19H19N3O2. The Labute approximate surface area is 140 Å². The molecule has 0 atom stereocenters. The lowest BCUT2D eigenvalue weighted by Gasteiger charge is -2.11. The van der Waals surface area contributed by atoms with Gasteiger partial charge in [0.2, 0.25) is 0 Å². The van der Waals surface area contributed by atoms with Crippen molar-refractivity contribution in [3.8, 4) is 5.75 Å². The third kappa shape index (κ3) is 3.63. The zero-order valence-corrected chi connectivity index (χ0v) is 13.7. The average Bonchev–Trinajstić information content (AvgIpc) is 3.09. The smallest absolute Gasteiger partial charge is 0.255 e. The Morgan fingerprint density at radius 1 is 1.21 bits per heavy atom. The van der Waals surface area contributed by atoms with Gasteiger partial charge in [-0.3, -0.25) is 4.79 Å². The predicted molar refractivity (Wildman–Crippen MR) is 93.5 cm³/mol. The highest BCUT2D eigenvalue weighted by molar-refractivity contribution is 6.05. The monoisotopic (exact) mass is 321 g/mol. The molecule has 122 valence electrons. The summed E-state index contributed by atoms with van der Waals surface area (Å²) in [5, 5.41) is 2.90. The number of rotatable bonds is 5. The Hall–Kier alpha value is -3.08. The van der Waals surface area contributed by atoms with Gasteiger partial charge in [-0.2, -0.15) is 0 Å². The molecular weight excluding hydrogens is 302 g/mol. The average molecular weight is 321 g/mol. The Morgan fingerprint density at radius 2 is 2.00 bits per heavy atom. The second-order valence-electron chi connectivity index (χ2n) is 5.59. The predicted octanol–water partition coefficient (Wildman–Crippen LogP) is 3.50. The summed E-state index contributed by atoms with van der Waals surface area (Å²) in [6.07, 6.45) is 5.42. The van der Waals surface area contributed by atoms with Gasteiger partial charge in [0, 0.05) is 24.5 Å². The largest absolute Gasteiger partial charge is 0.495 e. The van der Waals surface area contributed by atoms with Crippen molar-refractivity contribution in [3.63, 3.8) is 0 Å². The molecule has 5 nitrogen and oxygen atoms in total. The van der Waals surface area contributed by atoms with Crippen LogP contribution in [0.4, 0.5) is 5.69 Å². The molecule has 1 aromatic heterocycles. The highest BCUT2D eigenvalue weighted by Gasteiger charge is 2.10.